The Balaban J connectivity index is 1.46. The highest BCUT2D eigenvalue weighted by Gasteiger charge is 2.18. The van der Waals surface area contributed by atoms with Gasteiger partial charge in [0.15, 0.2) is 5.78 Å². The molecule has 31 heavy (non-hydrogen) atoms. The van der Waals surface area contributed by atoms with E-state index in [1.165, 1.54) is 19.1 Å². The molecule has 2 N–H and O–H groups in total. The monoisotopic (exact) mass is 422 g/mol. The molecule has 6 nitrogen and oxygen atoms in total. The van der Waals surface area contributed by atoms with Crippen LogP contribution in [0.2, 0.25) is 0 Å². The number of hydrogen-bond acceptors (Lipinski definition) is 4. The Kier molecular flexibility index (Phi) is 7.31. The number of aryl methyl sites for hydroxylation is 1. The van der Waals surface area contributed by atoms with Gasteiger partial charge in [-0.3, -0.25) is 19.6 Å². The summed E-state index contributed by atoms with van der Waals surface area (Å²) in [4.78, 5) is 25.9. The highest BCUT2D eigenvalue weighted by atomic mass is 19.1. The predicted molar refractivity (Wildman–Crippen MR) is 119 cm³/mol. The summed E-state index contributed by atoms with van der Waals surface area (Å²) < 4.78 is 13.1. The smallest absolute Gasteiger partial charge is 0.241 e. The van der Waals surface area contributed by atoms with Crippen molar-refractivity contribution in [3.8, 4) is 11.3 Å². The molecule has 3 rings (SSSR count). The summed E-state index contributed by atoms with van der Waals surface area (Å²) in [5.74, 6) is -0.375. The number of anilines is 1. The number of ketones is 1. The van der Waals surface area contributed by atoms with Gasteiger partial charge in [-0.2, -0.15) is 5.10 Å². The van der Waals surface area contributed by atoms with Crippen molar-refractivity contribution < 1.29 is 14.0 Å². The Labute approximate surface area is 181 Å². The number of carbonyl (C=O) groups is 2. The number of nitrogens with one attached hydrogen (secondary N) is 2. The van der Waals surface area contributed by atoms with Gasteiger partial charge in [-0.1, -0.05) is 0 Å². The van der Waals surface area contributed by atoms with Crippen molar-refractivity contribution in [1.29, 1.82) is 0 Å². The number of hydrogen-bond donors (Lipinski definition) is 2. The second-order valence-electron chi connectivity index (χ2n) is 7.67. The Morgan fingerprint density at radius 2 is 1.81 bits per heavy atom. The minimum atomic E-state index is -0.302. The number of aromatic nitrogens is 2. The summed E-state index contributed by atoms with van der Waals surface area (Å²) in [6.07, 6.45) is 1.64. The lowest BCUT2D eigenvalue weighted by molar-refractivity contribution is -0.120. The molecule has 1 heterocycles. The zero-order chi connectivity index (χ0) is 22.4. The molecule has 1 unspecified atom stereocenters. The van der Waals surface area contributed by atoms with E-state index in [1.807, 2.05) is 24.9 Å². The standard InChI is InChI=1S/C24H27FN4O2/c1-16(24(31)26-21-12-8-18(9-13-21)17(2)30)29(3)14-4-5-22-15-23(28-27-22)19-6-10-20(25)11-7-19/h6-13,15-16H,4-5,14H2,1-3H3,(H,26,31)(H,27,28). The zero-order valence-corrected chi connectivity index (χ0v) is 18.0. The Morgan fingerprint density at radius 3 is 2.45 bits per heavy atom. The van der Waals surface area contributed by atoms with E-state index in [-0.39, 0.29) is 23.5 Å². The van der Waals surface area contributed by atoms with Gasteiger partial charge in [0.2, 0.25) is 5.91 Å². The molecule has 0 spiro atoms. The zero-order valence-electron chi connectivity index (χ0n) is 18.0. The average molecular weight is 423 g/mol. The molecule has 3 aromatic rings. The van der Waals surface area contributed by atoms with E-state index in [2.05, 4.69) is 15.5 Å². The van der Waals surface area contributed by atoms with Gasteiger partial charge in [0.1, 0.15) is 5.82 Å². The van der Waals surface area contributed by atoms with E-state index in [0.717, 1.165) is 36.3 Å². The highest BCUT2D eigenvalue weighted by molar-refractivity contribution is 5.96. The lowest BCUT2D eigenvalue weighted by Gasteiger charge is -2.23. The maximum Gasteiger partial charge on any atom is 0.241 e. The van der Waals surface area contributed by atoms with Crippen LogP contribution in [0.3, 0.4) is 0 Å². The second-order valence-corrected chi connectivity index (χ2v) is 7.67. The third-order valence-electron chi connectivity index (χ3n) is 5.33. The summed E-state index contributed by atoms with van der Waals surface area (Å²) in [6, 6.07) is 14.8. The van der Waals surface area contributed by atoms with Crippen molar-refractivity contribution in [2.24, 2.45) is 0 Å². The fourth-order valence-electron chi connectivity index (χ4n) is 3.21. The molecular formula is C24H27FN4O2. The van der Waals surface area contributed by atoms with E-state index in [0.29, 0.717) is 11.3 Å². The van der Waals surface area contributed by atoms with Gasteiger partial charge in [0, 0.05) is 22.5 Å². The van der Waals surface area contributed by atoms with E-state index >= 15 is 0 Å². The second kappa shape index (κ2) is 10.1. The molecular weight excluding hydrogens is 395 g/mol. The number of rotatable bonds is 9. The molecule has 0 saturated carbocycles. The van der Waals surface area contributed by atoms with Crippen LogP contribution in [-0.4, -0.2) is 46.4 Å². The number of halogens is 1. The van der Waals surface area contributed by atoms with Gasteiger partial charge in [0.05, 0.1) is 11.7 Å². The minimum Gasteiger partial charge on any atom is -0.325 e. The van der Waals surface area contributed by atoms with E-state index in [4.69, 9.17) is 0 Å². The summed E-state index contributed by atoms with van der Waals surface area (Å²) in [6.45, 7) is 4.11. The van der Waals surface area contributed by atoms with Gasteiger partial charge in [-0.15, -0.1) is 0 Å². The van der Waals surface area contributed by atoms with Crippen LogP contribution in [0.5, 0.6) is 0 Å². The number of benzene rings is 2. The number of H-pyrrole nitrogens is 1. The van der Waals surface area contributed by atoms with Crippen LogP contribution in [0, 0.1) is 5.82 Å². The first-order chi connectivity index (χ1) is 14.8. The fraction of sp³-hybridized carbons (Fsp3) is 0.292. The third kappa shape index (κ3) is 6.08. The van der Waals surface area contributed by atoms with E-state index in [1.54, 1.807) is 36.4 Å². The van der Waals surface area contributed by atoms with Crippen LogP contribution >= 0.6 is 0 Å². The van der Waals surface area contributed by atoms with E-state index in [9.17, 15) is 14.0 Å². The largest absolute Gasteiger partial charge is 0.325 e. The SMILES string of the molecule is CC(=O)c1ccc(NC(=O)C(C)N(C)CCCc2cc(-c3ccc(F)cc3)n[nH]2)cc1. The van der Waals surface area contributed by atoms with Crippen LogP contribution in [0.4, 0.5) is 10.1 Å². The summed E-state index contributed by atoms with van der Waals surface area (Å²) >= 11 is 0. The normalized spacial score (nSPS) is 12.0. The third-order valence-corrected chi connectivity index (χ3v) is 5.33. The van der Waals surface area contributed by atoms with Crippen LogP contribution in [0.1, 0.15) is 36.3 Å². The van der Waals surface area contributed by atoms with Gasteiger partial charge < -0.3 is 5.32 Å². The Bertz CT molecular complexity index is 1030. The van der Waals surface area contributed by atoms with Crippen molar-refractivity contribution in [2.75, 3.05) is 18.9 Å². The molecule has 0 bridgehead atoms. The molecule has 1 amide bonds. The fourth-order valence-corrected chi connectivity index (χ4v) is 3.21. The molecule has 0 aliphatic rings. The van der Waals surface area contributed by atoms with Gasteiger partial charge in [-0.05, 0) is 94.9 Å². The van der Waals surface area contributed by atoms with Gasteiger partial charge in [-0.25, -0.2) is 4.39 Å². The number of likely N-dealkylation sites (N-methyl/N-ethyl adjacent to an activating group) is 1. The quantitative estimate of drug-likeness (QED) is 0.504. The topological polar surface area (TPSA) is 78.1 Å². The predicted octanol–water partition coefficient (Wildman–Crippen LogP) is 4.31. The number of nitrogens with zero attached hydrogens (tertiary/aromatic N) is 2. The van der Waals surface area contributed by atoms with Crippen molar-refractivity contribution in [3.63, 3.8) is 0 Å². The molecule has 0 aliphatic heterocycles. The molecule has 0 saturated heterocycles. The highest BCUT2D eigenvalue weighted by Crippen LogP contribution is 2.19. The van der Waals surface area contributed by atoms with Crippen LogP contribution < -0.4 is 5.32 Å². The Hall–Kier alpha value is -3.32. The molecule has 0 fully saturated rings. The lowest BCUT2D eigenvalue weighted by atomic mass is 10.1. The minimum absolute atomic E-state index is 0.00645. The first-order valence-electron chi connectivity index (χ1n) is 10.3. The molecule has 1 atom stereocenters. The van der Waals surface area contributed by atoms with Crippen LogP contribution in [0.15, 0.2) is 54.6 Å². The maximum absolute atomic E-state index is 13.1. The Morgan fingerprint density at radius 1 is 1.13 bits per heavy atom. The van der Waals surface area contributed by atoms with Crippen LogP contribution in [-0.2, 0) is 11.2 Å². The first-order valence-corrected chi connectivity index (χ1v) is 10.3. The summed E-state index contributed by atoms with van der Waals surface area (Å²) in [5, 5.41) is 10.2. The van der Waals surface area contributed by atoms with Crippen LogP contribution in [0.25, 0.3) is 11.3 Å². The van der Waals surface area contributed by atoms with Gasteiger partial charge in [0.25, 0.3) is 0 Å². The van der Waals surface area contributed by atoms with Crippen molar-refractivity contribution >= 4 is 17.4 Å². The molecule has 162 valence electrons. The molecule has 0 radical (unpaired) electrons. The number of carbonyl (C=O) groups excluding carboxylic acids is 2. The number of amides is 1. The molecule has 7 heteroatoms. The van der Waals surface area contributed by atoms with Crippen molar-refractivity contribution in [3.05, 3.63) is 71.7 Å². The number of aromatic amines is 1. The first kappa shape index (κ1) is 22.4. The van der Waals surface area contributed by atoms with Crippen molar-refractivity contribution in [2.45, 2.75) is 32.7 Å². The number of Topliss-reactive ketones (excluding diaryl/α,β-unsaturated/α-hetero) is 1. The van der Waals surface area contributed by atoms with Crippen molar-refractivity contribution in [1.82, 2.24) is 15.1 Å². The average Bonchev–Trinajstić information content (AvgIpc) is 3.22. The van der Waals surface area contributed by atoms with Gasteiger partial charge >= 0.3 is 0 Å². The summed E-state index contributed by atoms with van der Waals surface area (Å²) in [5.41, 5.74) is 3.93. The van der Waals surface area contributed by atoms with E-state index < -0.39 is 0 Å². The lowest BCUT2D eigenvalue weighted by Crippen LogP contribution is -2.40. The molecule has 1 aromatic heterocycles. The molecule has 0 aliphatic carbocycles. The maximum atomic E-state index is 13.1. The molecule has 2 aromatic carbocycles. The summed E-state index contributed by atoms with van der Waals surface area (Å²) in [7, 11) is 1.92.